The minimum atomic E-state index is -0.295. The molecule has 3 aromatic rings. The molecule has 0 atom stereocenters. The maximum Gasteiger partial charge on any atom is 0.145 e. The van der Waals surface area contributed by atoms with Gasteiger partial charge in [0.1, 0.15) is 30.2 Å². The van der Waals surface area contributed by atoms with Gasteiger partial charge in [-0.2, -0.15) is 9.94 Å². The van der Waals surface area contributed by atoms with E-state index in [0.29, 0.717) is 17.0 Å². The Bertz CT molecular complexity index is 809. The average Bonchev–Trinajstić information content (AvgIpc) is 3.08. The van der Waals surface area contributed by atoms with Crippen molar-refractivity contribution in [2.45, 2.75) is 6.61 Å². The molecule has 22 heavy (non-hydrogen) atoms. The Balaban J connectivity index is 1.87. The first-order chi connectivity index (χ1) is 10.8. The van der Waals surface area contributed by atoms with Crippen molar-refractivity contribution in [1.82, 2.24) is 20.2 Å². The van der Waals surface area contributed by atoms with Gasteiger partial charge < -0.3 is 4.74 Å². The van der Waals surface area contributed by atoms with Gasteiger partial charge in [0.15, 0.2) is 0 Å². The lowest BCUT2D eigenvalue weighted by molar-refractivity contribution is 0.304. The van der Waals surface area contributed by atoms with E-state index in [1.54, 1.807) is 30.3 Å². The standard InChI is InChI=1S/C15H10FN5O/c16-13-4-1-11(2-5-13)9-22-15-6-3-12(8-17)7-14(15)21-10-18-19-20-21/h1-7,10H,9H2. The zero-order valence-electron chi connectivity index (χ0n) is 11.3. The van der Waals surface area contributed by atoms with Gasteiger partial charge in [0.25, 0.3) is 0 Å². The monoisotopic (exact) mass is 295 g/mol. The molecule has 0 saturated heterocycles. The normalized spacial score (nSPS) is 10.2. The Morgan fingerprint density at radius 3 is 2.68 bits per heavy atom. The summed E-state index contributed by atoms with van der Waals surface area (Å²) in [6.45, 7) is 0.265. The number of tetrazole rings is 1. The van der Waals surface area contributed by atoms with Crippen LogP contribution in [0, 0.1) is 17.1 Å². The van der Waals surface area contributed by atoms with Gasteiger partial charge in [-0.05, 0) is 46.3 Å². The van der Waals surface area contributed by atoms with Crippen LogP contribution >= 0.6 is 0 Å². The molecule has 0 bridgehead atoms. The summed E-state index contributed by atoms with van der Waals surface area (Å²) < 4.78 is 20.0. The third-order valence-corrected chi connectivity index (χ3v) is 2.99. The van der Waals surface area contributed by atoms with E-state index in [2.05, 4.69) is 21.6 Å². The SMILES string of the molecule is N#Cc1ccc(OCc2ccc(F)cc2)c(-n2cnnn2)c1. The van der Waals surface area contributed by atoms with Gasteiger partial charge in [0.2, 0.25) is 0 Å². The average molecular weight is 295 g/mol. The molecular weight excluding hydrogens is 285 g/mol. The minimum Gasteiger partial charge on any atom is -0.487 e. The molecule has 0 spiro atoms. The highest BCUT2D eigenvalue weighted by molar-refractivity contribution is 5.51. The molecule has 6 nitrogen and oxygen atoms in total. The molecule has 0 aliphatic heterocycles. The van der Waals surface area contributed by atoms with Crippen molar-refractivity contribution in [1.29, 1.82) is 5.26 Å². The second-order valence-electron chi connectivity index (χ2n) is 4.46. The van der Waals surface area contributed by atoms with Gasteiger partial charge in [-0.25, -0.2) is 4.39 Å². The van der Waals surface area contributed by atoms with Crippen molar-refractivity contribution >= 4 is 0 Å². The van der Waals surface area contributed by atoms with Gasteiger partial charge in [-0.15, -0.1) is 5.10 Å². The molecule has 0 aliphatic carbocycles. The van der Waals surface area contributed by atoms with Crippen LogP contribution in [0.2, 0.25) is 0 Å². The van der Waals surface area contributed by atoms with Crippen LogP contribution in [0.4, 0.5) is 4.39 Å². The second-order valence-corrected chi connectivity index (χ2v) is 4.46. The minimum absolute atomic E-state index is 0.265. The first-order valence-corrected chi connectivity index (χ1v) is 6.41. The molecule has 0 unspecified atom stereocenters. The Morgan fingerprint density at radius 2 is 2.00 bits per heavy atom. The molecule has 0 aliphatic rings. The van der Waals surface area contributed by atoms with Crippen LogP contribution in [0.25, 0.3) is 5.69 Å². The van der Waals surface area contributed by atoms with Gasteiger partial charge >= 0.3 is 0 Å². The summed E-state index contributed by atoms with van der Waals surface area (Å²) in [6, 6.07) is 13.1. The number of hydrogen-bond donors (Lipinski definition) is 0. The summed E-state index contributed by atoms with van der Waals surface area (Å²) in [5.41, 5.74) is 1.86. The first-order valence-electron chi connectivity index (χ1n) is 6.41. The molecule has 0 N–H and O–H groups in total. The lowest BCUT2D eigenvalue weighted by Crippen LogP contribution is -2.03. The van der Waals surface area contributed by atoms with Gasteiger partial charge in [0.05, 0.1) is 11.6 Å². The van der Waals surface area contributed by atoms with E-state index < -0.39 is 0 Å². The highest BCUT2D eigenvalue weighted by atomic mass is 19.1. The van der Waals surface area contributed by atoms with Gasteiger partial charge in [0, 0.05) is 0 Å². The third-order valence-electron chi connectivity index (χ3n) is 2.99. The van der Waals surface area contributed by atoms with E-state index in [4.69, 9.17) is 10.00 Å². The predicted octanol–water partition coefficient (Wildman–Crippen LogP) is 2.25. The summed E-state index contributed by atoms with van der Waals surface area (Å²) in [7, 11) is 0. The third kappa shape index (κ3) is 2.91. The number of nitriles is 1. The van der Waals surface area contributed by atoms with Crippen molar-refractivity contribution in [2.24, 2.45) is 0 Å². The topological polar surface area (TPSA) is 76.6 Å². The molecule has 0 fully saturated rings. The molecule has 0 amide bonds. The van der Waals surface area contributed by atoms with E-state index >= 15 is 0 Å². The molecule has 0 radical (unpaired) electrons. The Hall–Kier alpha value is -3.27. The summed E-state index contributed by atoms with van der Waals surface area (Å²) in [4.78, 5) is 0. The number of rotatable bonds is 4. The highest BCUT2D eigenvalue weighted by Gasteiger charge is 2.09. The highest BCUT2D eigenvalue weighted by Crippen LogP contribution is 2.24. The van der Waals surface area contributed by atoms with E-state index in [9.17, 15) is 4.39 Å². The molecule has 108 valence electrons. The van der Waals surface area contributed by atoms with Crippen LogP contribution in [0.1, 0.15) is 11.1 Å². The molecule has 1 heterocycles. The number of ether oxygens (including phenoxy) is 1. The van der Waals surface area contributed by atoms with Crippen LogP contribution in [-0.4, -0.2) is 20.2 Å². The maximum atomic E-state index is 12.9. The van der Waals surface area contributed by atoms with E-state index in [1.807, 2.05) is 0 Å². The fourth-order valence-corrected chi connectivity index (χ4v) is 1.90. The summed E-state index contributed by atoms with van der Waals surface area (Å²) in [6.07, 6.45) is 1.42. The van der Waals surface area contributed by atoms with Crippen molar-refractivity contribution < 1.29 is 9.13 Å². The molecule has 3 rings (SSSR count). The predicted molar refractivity (Wildman–Crippen MR) is 74.6 cm³/mol. The summed E-state index contributed by atoms with van der Waals surface area (Å²) in [5, 5.41) is 20.0. The summed E-state index contributed by atoms with van der Waals surface area (Å²) in [5.74, 6) is 0.229. The Kier molecular flexibility index (Phi) is 3.74. The van der Waals surface area contributed by atoms with Crippen LogP contribution in [0.5, 0.6) is 5.75 Å². The summed E-state index contributed by atoms with van der Waals surface area (Å²) >= 11 is 0. The smallest absolute Gasteiger partial charge is 0.145 e. The van der Waals surface area contributed by atoms with Crippen LogP contribution < -0.4 is 4.74 Å². The van der Waals surface area contributed by atoms with Crippen molar-refractivity contribution in [2.75, 3.05) is 0 Å². The number of hydrogen-bond acceptors (Lipinski definition) is 5. The van der Waals surface area contributed by atoms with Crippen molar-refractivity contribution in [3.05, 3.63) is 65.7 Å². The quantitative estimate of drug-likeness (QED) is 0.737. The van der Waals surface area contributed by atoms with Gasteiger partial charge in [-0.3, -0.25) is 0 Å². The van der Waals surface area contributed by atoms with Gasteiger partial charge in [-0.1, -0.05) is 12.1 Å². The second kappa shape index (κ2) is 6.01. The van der Waals surface area contributed by atoms with E-state index in [-0.39, 0.29) is 12.4 Å². The lowest BCUT2D eigenvalue weighted by atomic mass is 10.2. The first kappa shape index (κ1) is 13.7. The molecular formula is C15H10FN5O. The number of halogens is 1. The Morgan fingerprint density at radius 1 is 1.18 bits per heavy atom. The van der Waals surface area contributed by atoms with Crippen LogP contribution in [-0.2, 0) is 6.61 Å². The zero-order valence-corrected chi connectivity index (χ0v) is 11.3. The number of nitrogens with zero attached hydrogens (tertiary/aromatic N) is 5. The number of benzene rings is 2. The van der Waals surface area contributed by atoms with E-state index in [1.165, 1.54) is 23.1 Å². The Labute approximate surface area is 125 Å². The molecule has 1 aromatic heterocycles. The fraction of sp³-hybridized carbons (Fsp3) is 0.0667. The van der Waals surface area contributed by atoms with Crippen molar-refractivity contribution in [3.8, 4) is 17.5 Å². The zero-order chi connectivity index (χ0) is 15.4. The van der Waals surface area contributed by atoms with E-state index in [0.717, 1.165) is 5.56 Å². The van der Waals surface area contributed by atoms with Crippen LogP contribution in [0.3, 0.4) is 0 Å². The lowest BCUT2D eigenvalue weighted by Gasteiger charge is -2.11. The largest absolute Gasteiger partial charge is 0.487 e. The molecule has 2 aromatic carbocycles. The number of aromatic nitrogens is 4. The molecule has 7 heteroatoms. The van der Waals surface area contributed by atoms with Crippen molar-refractivity contribution in [3.63, 3.8) is 0 Å². The fourth-order valence-electron chi connectivity index (χ4n) is 1.90. The maximum absolute atomic E-state index is 12.9. The molecule has 0 saturated carbocycles. The van der Waals surface area contributed by atoms with Crippen LogP contribution in [0.15, 0.2) is 48.8 Å².